The topological polar surface area (TPSA) is 70.0 Å². The molecule has 4 rings (SSSR count). The maximum absolute atomic E-state index is 9.67. The number of rotatable bonds is 6. The van der Waals surface area contributed by atoms with Crippen molar-refractivity contribution in [1.82, 2.24) is 24.4 Å². The van der Waals surface area contributed by atoms with Crippen LogP contribution in [0.2, 0.25) is 0 Å². The van der Waals surface area contributed by atoms with E-state index in [0.29, 0.717) is 0 Å². The van der Waals surface area contributed by atoms with Crippen LogP contribution in [0.25, 0.3) is 22.6 Å². The number of H-pyrrole nitrogens is 1. The zero-order chi connectivity index (χ0) is 18.6. The van der Waals surface area contributed by atoms with Crippen LogP contribution in [0, 0.1) is 6.92 Å². The van der Waals surface area contributed by atoms with Gasteiger partial charge in [0, 0.05) is 24.7 Å². The van der Waals surface area contributed by atoms with Gasteiger partial charge in [-0.15, -0.1) is 0 Å². The summed E-state index contributed by atoms with van der Waals surface area (Å²) in [5.74, 6) is 0.896. The molecule has 1 saturated heterocycles. The molecule has 3 heterocycles. The molecule has 1 aromatic carbocycles. The first-order valence-corrected chi connectivity index (χ1v) is 9.73. The summed E-state index contributed by atoms with van der Waals surface area (Å²) in [6, 6.07) is 10.6. The Kier molecular flexibility index (Phi) is 5.36. The van der Waals surface area contributed by atoms with Crippen LogP contribution in [-0.2, 0) is 6.54 Å². The van der Waals surface area contributed by atoms with Crippen LogP contribution in [0.3, 0.4) is 0 Å². The maximum Gasteiger partial charge on any atom is 0.103 e. The van der Waals surface area contributed by atoms with Gasteiger partial charge in [-0.05, 0) is 26.3 Å². The van der Waals surface area contributed by atoms with Crippen molar-refractivity contribution in [1.29, 1.82) is 0 Å². The van der Waals surface area contributed by atoms with Crippen LogP contribution in [-0.4, -0.2) is 55.3 Å². The molecule has 2 aromatic heterocycles. The molecule has 1 atom stereocenters. The third kappa shape index (κ3) is 3.82. The second kappa shape index (κ2) is 8.06. The second-order valence-corrected chi connectivity index (χ2v) is 7.25. The molecular weight excluding hydrogens is 338 g/mol. The van der Waals surface area contributed by atoms with Crippen molar-refractivity contribution in [3.05, 3.63) is 48.7 Å². The van der Waals surface area contributed by atoms with E-state index in [-0.39, 0.29) is 12.6 Å². The van der Waals surface area contributed by atoms with Crippen LogP contribution in [0.15, 0.2) is 42.9 Å². The van der Waals surface area contributed by atoms with E-state index in [9.17, 15) is 5.11 Å². The highest BCUT2D eigenvalue weighted by Crippen LogP contribution is 2.30. The van der Waals surface area contributed by atoms with Gasteiger partial charge < -0.3 is 14.7 Å². The number of hydrogen-bond donors (Lipinski definition) is 2. The monoisotopic (exact) mass is 365 g/mol. The fourth-order valence-corrected chi connectivity index (χ4v) is 3.98. The van der Waals surface area contributed by atoms with Crippen molar-refractivity contribution in [2.45, 2.75) is 38.8 Å². The van der Waals surface area contributed by atoms with Crippen LogP contribution < -0.4 is 0 Å². The molecule has 2 N–H and O–H groups in total. The number of likely N-dealkylation sites (tertiary alicyclic amines) is 1. The van der Waals surface area contributed by atoms with Crippen molar-refractivity contribution < 1.29 is 5.11 Å². The molecule has 1 unspecified atom stereocenters. The largest absolute Gasteiger partial charge is 0.395 e. The molecule has 27 heavy (non-hydrogen) atoms. The highest BCUT2D eigenvalue weighted by atomic mass is 16.3. The summed E-state index contributed by atoms with van der Waals surface area (Å²) in [6.07, 6.45) is 7.31. The summed E-state index contributed by atoms with van der Waals surface area (Å²) in [5.41, 5.74) is 4.13. The standard InChI is InChI=1S/C21H27N5O/c1-16-22-13-19(24-16)21-20(17-7-3-2-4-8-17)23-15-26(21)12-11-25-10-6-5-9-18(25)14-27/h2-4,7-8,13,15,18,27H,5-6,9-12,14H2,1H3,(H,22,24). The first-order chi connectivity index (χ1) is 13.3. The third-order valence-corrected chi connectivity index (χ3v) is 5.43. The lowest BCUT2D eigenvalue weighted by Crippen LogP contribution is -2.43. The molecule has 6 nitrogen and oxygen atoms in total. The van der Waals surface area contributed by atoms with Crippen LogP contribution >= 0.6 is 0 Å². The van der Waals surface area contributed by atoms with Gasteiger partial charge in [0.1, 0.15) is 5.82 Å². The molecule has 0 aliphatic carbocycles. The van der Waals surface area contributed by atoms with Crippen molar-refractivity contribution in [2.24, 2.45) is 0 Å². The quantitative estimate of drug-likeness (QED) is 0.704. The van der Waals surface area contributed by atoms with Crippen molar-refractivity contribution in [3.8, 4) is 22.6 Å². The summed E-state index contributed by atoms with van der Waals surface area (Å²) in [6.45, 7) is 5.02. The fourth-order valence-electron chi connectivity index (χ4n) is 3.98. The van der Waals surface area contributed by atoms with E-state index in [1.54, 1.807) is 0 Å². The lowest BCUT2D eigenvalue weighted by molar-refractivity contribution is 0.0872. The molecule has 1 aliphatic heterocycles. The number of aromatic nitrogens is 4. The number of nitrogens with one attached hydrogen (secondary N) is 1. The second-order valence-electron chi connectivity index (χ2n) is 7.25. The summed E-state index contributed by atoms with van der Waals surface area (Å²) in [7, 11) is 0. The van der Waals surface area contributed by atoms with Crippen LogP contribution in [0.5, 0.6) is 0 Å². The van der Waals surface area contributed by atoms with E-state index in [1.807, 2.05) is 37.6 Å². The number of imidazole rings is 2. The predicted molar refractivity (Wildman–Crippen MR) is 106 cm³/mol. The first-order valence-electron chi connectivity index (χ1n) is 9.73. The zero-order valence-corrected chi connectivity index (χ0v) is 15.8. The molecule has 0 saturated carbocycles. The van der Waals surface area contributed by atoms with Crippen LogP contribution in [0.4, 0.5) is 0 Å². The average Bonchev–Trinajstić information content (AvgIpc) is 3.33. The van der Waals surface area contributed by atoms with E-state index in [4.69, 9.17) is 4.98 Å². The minimum atomic E-state index is 0.242. The molecular formula is C21H27N5O. The predicted octanol–water partition coefficient (Wildman–Crippen LogP) is 3.10. The van der Waals surface area contributed by atoms with Gasteiger partial charge in [-0.1, -0.05) is 36.8 Å². The zero-order valence-electron chi connectivity index (χ0n) is 15.8. The number of aliphatic hydroxyl groups is 1. The minimum absolute atomic E-state index is 0.242. The molecule has 0 bridgehead atoms. The van der Waals surface area contributed by atoms with Gasteiger partial charge in [0.25, 0.3) is 0 Å². The third-order valence-electron chi connectivity index (χ3n) is 5.43. The number of piperidine rings is 1. The normalized spacial score (nSPS) is 18.1. The number of benzene rings is 1. The first kappa shape index (κ1) is 17.9. The molecule has 0 radical (unpaired) electrons. The molecule has 0 amide bonds. The van der Waals surface area contributed by atoms with Crippen molar-refractivity contribution in [3.63, 3.8) is 0 Å². The number of hydrogen-bond acceptors (Lipinski definition) is 4. The van der Waals surface area contributed by atoms with Gasteiger partial charge in [-0.2, -0.15) is 0 Å². The van der Waals surface area contributed by atoms with Gasteiger partial charge in [-0.25, -0.2) is 9.97 Å². The summed E-state index contributed by atoms with van der Waals surface area (Å²) >= 11 is 0. The smallest absolute Gasteiger partial charge is 0.103 e. The summed E-state index contributed by atoms with van der Waals surface area (Å²) in [4.78, 5) is 14.9. The Bertz CT molecular complexity index is 870. The number of aromatic amines is 1. The van der Waals surface area contributed by atoms with E-state index < -0.39 is 0 Å². The Morgan fingerprint density at radius 1 is 1.15 bits per heavy atom. The number of aliphatic hydroxyl groups excluding tert-OH is 1. The van der Waals surface area contributed by atoms with Gasteiger partial charge in [0.05, 0.1) is 36.2 Å². The molecule has 1 fully saturated rings. The SMILES string of the molecule is Cc1ncc(-c2c(-c3ccccc3)ncn2CCN2CCCCC2CO)[nH]1. The number of nitrogens with zero attached hydrogens (tertiary/aromatic N) is 4. The van der Waals surface area contributed by atoms with Gasteiger partial charge >= 0.3 is 0 Å². The van der Waals surface area contributed by atoms with E-state index >= 15 is 0 Å². The summed E-state index contributed by atoms with van der Waals surface area (Å²) < 4.78 is 2.21. The fraction of sp³-hybridized carbons (Fsp3) is 0.429. The molecule has 0 spiro atoms. The van der Waals surface area contributed by atoms with E-state index in [0.717, 1.165) is 54.5 Å². The Hall–Kier alpha value is -2.44. The highest BCUT2D eigenvalue weighted by molar-refractivity contribution is 5.76. The Morgan fingerprint density at radius 3 is 2.74 bits per heavy atom. The maximum atomic E-state index is 9.67. The highest BCUT2D eigenvalue weighted by Gasteiger charge is 2.22. The average molecular weight is 365 g/mol. The molecule has 1 aliphatic rings. The lowest BCUT2D eigenvalue weighted by atomic mass is 10.0. The molecule has 6 heteroatoms. The minimum Gasteiger partial charge on any atom is -0.395 e. The van der Waals surface area contributed by atoms with Crippen molar-refractivity contribution >= 4 is 0 Å². The molecule has 3 aromatic rings. The van der Waals surface area contributed by atoms with Gasteiger partial charge in [0.2, 0.25) is 0 Å². The van der Waals surface area contributed by atoms with Gasteiger partial charge in [0.15, 0.2) is 0 Å². The number of aryl methyl sites for hydroxylation is 1. The lowest BCUT2D eigenvalue weighted by Gasteiger charge is -2.34. The Labute approximate surface area is 159 Å². The Morgan fingerprint density at radius 2 is 2.00 bits per heavy atom. The van der Waals surface area contributed by atoms with Crippen LogP contribution in [0.1, 0.15) is 25.1 Å². The summed E-state index contributed by atoms with van der Waals surface area (Å²) in [5, 5.41) is 9.67. The Balaban J connectivity index is 1.63. The van der Waals surface area contributed by atoms with E-state index in [1.165, 1.54) is 12.8 Å². The molecule has 142 valence electrons. The van der Waals surface area contributed by atoms with Gasteiger partial charge in [-0.3, -0.25) is 4.90 Å². The van der Waals surface area contributed by atoms with E-state index in [2.05, 4.69) is 31.6 Å². The van der Waals surface area contributed by atoms with Crippen molar-refractivity contribution in [2.75, 3.05) is 19.7 Å².